The number of ether oxygens (including phenoxy) is 1. The lowest BCUT2D eigenvalue weighted by Crippen LogP contribution is -2.48. The largest absolute Gasteiger partial charge is 0.456 e. The molecule has 1 aromatic heterocycles. The fourth-order valence-corrected chi connectivity index (χ4v) is 3.69. The number of aryl methyl sites for hydroxylation is 1. The summed E-state index contributed by atoms with van der Waals surface area (Å²) in [7, 11) is 0. The summed E-state index contributed by atoms with van der Waals surface area (Å²) >= 11 is 0. The summed E-state index contributed by atoms with van der Waals surface area (Å²) < 4.78 is 4.98. The first-order chi connectivity index (χ1) is 13.5. The first-order valence-electron chi connectivity index (χ1n) is 9.84. The van der Waals surface area contributed by atoms with Gasteiger partial charge in [-0.25, -0.2) is 4.79 Å². The SMILES string of the molecule is C[C@H]1CCCC[C@@H]1NC(=O)NC(=O)COC(=O)CCc1c[nH]c2ccccc12. The number of amides is 3. The first-order valence-corrected chi connectivity index (χ1v) is 9.84. The molecule has 0 unspecified atom stereocenters. The quantitative estimate of drug-likeness (QED) is 0.665. The molecule has 1 fully saturated rings. The van der Waals surface area contributed by atoms with Crippen molar-refractivity contribution in [1.82, 2.24) is 15.6 Å². The van der Waals surface area contributed by atoms with Crippen LogP contribution in [0.1, 0.15) is 44.6 Å². The number of esters is 1. The molecule has 0 spiro atoms. The van der Waals surface area contributed by atoms with Crippen LogP contribution in [0.25, 0.3) is 10.9 Å². The maximum Gasteiger partial charge on any atom is 0.321 e. The van der Waals surface area contributed by atoms with Gasteiger partial charge in [0.15, 0.2) is 6.61 Å². The van der Waals surface area contributed by atoms with Crippen molar-refractivity contribution < 1.29 is 19.1 Å². The first kappa shape index (κ1) is 19.9. The van der Waals surface area contributed by atoms with E-state index in [1.807, 2.05) is 30.5 Å². The van der Waals surface area contributed by atoms with Crippen molar-refractivity contribution >= 4 is 28.8 Å². The van der Waals surface area contributed by atoms with Crippen LogP contribution in [0.2, 0.25) is 0 Å². The monoisotopic (exact) mass is 385 g/mol. The van der Waals surface area contributed by atoms with E-state index in [0.29, 0.717) is 12.3 Å². The van der Waals surface area contributed by atoms with Crippen molar-refractivity contribution in [2.45, 2.75) is 51.5 Å². The van der Waals surface area contributed by atoms with Crippen molar-refractivity contribution in [2.75, 3.05) is 6.61 Å². The molecular formula is C21H27N3O4. The molecule has 7 nitrogen and oxygen atoms in total. The van der Waals surface area contributed by atoms with Crippen molar-refractivity contribution in [3.05, 3.63) is 36.0 Å². The number of carbonyl (C=O) groups excluding carboxylic acids is 3. The number of fused-ring (bicyclic) bond motifs is 1. The lowest BCUT2D eigenvalue weighted by Gasteiger charge is -2.29. The van der Waals surface area contributed by atoms with Crippen molar-refractivity contribution in [1.29, 1.82) is 0 Å². The lowest BCUT2D eigenvalue weighted by molar-refractivity contribution is -0.148. The molecule has 0 radical (unpaired) electrons. The molecule has 7 heteroatoms. The van der Waals surface area contributed by atoms with E-state index in [1.165, 1.54) is 6.42 Å². The number of hydrogen-bond donors (Lipinski definition) is 3. The van der Waals surface area contributed by atoms with E-state index >= 15 is 0 Å². The molecule has 3 rings (SSSR count). The Morgan fingerprint density at radius 2 is 1.96 bits per heavy atom. The van der Waals surface area contributed by atoms with Gasteiger partial charge in [0, 0.05) is 29.6 Å². The molecule has 2 aromatic rings. The summed E-state index contributed by atoms with van der Waals surface area (Å²) in [4.78, 5) is 38.8. The molecule has 3 amide bonds. The highest BCUT2D eigenvalue weighted by atomic mass is 16.5. The molecule has 1 saturated carbocycles. The number of H-pyrrole nitrogens is 1. The van der Waals surface area contributed by atoms with Crippen LogP contribution in [0.15, 0.2) is 30.5 Å². The highest BCUT2D eigenvalue weighted by Gasteiger charge is 2.23. The highest BCUT2D eigenvalue weighted by Crippen LogP contribution is 2.23. The van der Waals surface area contributed by atoms with Gasteiger partial charge in [0.25, 0.3) is 5.91 Å². The molecule has 1 aliphatic carbocycles. The standard InChI is InChI=1S/C21H27N3O4/c1-14-6-2-4-8-17(14)23-21(27)24-19(25)13-28-20(26)11-10-15-12-22-18-9-5-3-7-16(15)18/h3,5,7,9,12,14,17,22H,2,4,6,8,10-11,13H2,1H3,(H2,23,24,25,27)/t14-,17-/m0/s1. The fourth-order valence-electron chi connectivity index (χ4n) is 3.69. The topological polar surface area (TPSA) is 100 Å². The van der Waals surface area contributed by atoms with Gasteiger partial charge in [-0.3, -0.25) is 14.9 Å². The second kappa shape index (κ2) is 9.39. The Morgan fingerprint density at radius 1 is 1.18 bits per heavy atom. The number of rotatable bonds is 6. The number of carbonyl (C=O) groups is 3. The number of urea groups is 1. The van der Waals surface area contributed by atoms with Gasteiger partial charge >= 0.3 is 12.0 Å². The van der Waals surface area contributed by atoms with Crippen LogP contribution in [-0.4, -0.2) is 35.5 Å². The lowest BCUT2D eigenvalue weighted by atomic mass is 9.86. The minimum absolute atomic E-state index is 0.0836. The normalized spacial score (nSPS) is 19.2. The number of nitrogens with one attached hydrogen (secondary N) is 3. The summed E-state index contributed by atoms with van der Waals surface area (Å²) in [5.41, 5.74) is 2.04. The molecule has 0 aliphatic heterocycles. The maximum absolute atomic E-state index is 11.9. The minimum atomic E-state index is -0.624. The van der Waals surface area contributed by atoms with E-state index in [4.69, 9.17) is 4.74 Å². The Kier molecular flexibility index (Phi) is 6.68. The Labute approximate surface area is 164 Å². The van der Waals surface area contributed by atoms with Gasteiger partial charge in [0.1, 0.15) is 0 Å². The van der Waals surface area contributed by atoms with Crippen LogP contribution >= 0.6 is 0 Å². The zero-order valence-electron chi connectivity index (χ0n) is 16.1. The summed E-state index contributed by atoms with van der Waals surface area (Å²) in [6, 6.07) is 7.41. The molecule has 1 heterocycles. The molecule has 2 atom stereocenters. The molecule has 0 bridgehead atoms. The summed E-state index contributed by atoms with van der Waals surface area (Å²) in [5, 5.41) is 6.13. The van der Waals surface area contributed by atoms with Crippen molar-refractivity contribution in [2.24, 2.45) is 5.92 Å². The number of imide groups is 1. The number of aromatic amines is 1. The minimum Gasteiger partial charge on any atom is -0.456 e. The number of hydrogen-bond acceptors (Lipinski definition) is 4. The Balaban J connectivity index is 1.36. The van der Waals surface area contributed by atoms with Crippen LogP contribution < -0.4 is 10.6 Å². The Bertz CT molecular complexity index is 845. The third-order valence-electron chi connectivity index (χ3n) is 5.32. The molecule has 1 aliphatic rings. The molecule has 0 saturated heterocycles. The average Bonchev–Trinajstić information content (AvgIpc) is 3.10. The number of benzene rings is 1. The molecule has 1 aromatic carbocycles. The van der Waals surface area contributed by atoms with Gasteiger partial charge in [-0.1, -0.05) is 38.0 Å². The van der Waals surface area contributed by atoms with Gasteiger partial charge in [-0.05, 0) is 36.8 Å². The fraction of sp³-hybridized carbons (Fsp3) is 0.476. The van der Waals surface area contributed by atoms with Crippen LogP contribution in [0.5, 0.6) is 0 Å². The van der Waals surface area contributed by atoms with Crippen LogP contribution in [0.3, 0.4) is 0 Å². The molecule has 28 heavy (non-hydrogen) atoms. The van der Waals surface area contributed by atoms with Gasteiger partial charge < -0.3 is 15.0 Å². The van der Waals surface area contributed by atoms with E-state index in [9.17, 15) is 14.4 Å². The molecular weight excluding hydrogens is 358 g/mol. The van der Waals surface area contributed by atoms with Crippen LogP contribution in [0.4, 0.5) is 4.79 Å². The van der Waals surface area contributed by atoms with E-state index in [2.05, 4.69) is 22.5 Å². The second-order valence-electron chi connectivity index (χ2n) is 7.41. The third-order valence-corrected chi connectivity index (χ3v) is 5.32. The van der Waals surface area contributed by atoms with Gasteiger partial charge in [-0.15, -0.1) is 0 Å². The summed E-state index contributed by atoms with van der Waals surface area (Å²) in [5.74, 6) is -0.694. The van der Waals surface area contributed by atoms with Crippen LogP contribution in [0, 0.1) is 5.92 Å². The highest BCUT2D eigenvalue weighted by molar-refractivity contribution is 5.95. The van der Waals surface area contributed by atoms with Gasteiger partial charge in [-0.2, -0.15) is 0 Å². The van der Waals surface area contributed by atoms with E-state index in [1.54, 1.807) is 0 Å². The Morgan fingerprint density at radius 3 is 2.79 bits per heavy atom. The zero-order valence-corrected chi connectivity index (χ0v) is 16.1. The predicted molar refractivity (Wildman–Crippen MR) is 106 cm³/mol. The number of para-hydroxylation sites is 1. The van der Waals surface area contributed by atoms with Gasteiger partial charge in [0.05, 0.1) is 0 Å². The predicted octanol–water partition coefficient (Wildman–Crippen LogP) is 3.05. The smallest absolute Gasteiger partial charge is 0.321 e. The average molecular weight is 385 g/mol. The van der Waals surface area contributed by atoms with E-state index in [0.717, 1.165) is 35.7 Å². The van der Waals surface area contributed by atoms with Crippen molar-refractivity contribution in [3.8, 4) is 0 Å². The van der Waals surface area contributed by atoms with E-state index in [-0.39, 0.29) is 12.5 Å². The number of aromatic nitrogens is 1. The van der Waals surface area contributed by atoms with Gasteiger partial charge in [0.2, 0.25) is 0 Å². The summed E-state index contributed by atoms with van der Waals surface area (Å²) in [6.45, 7) is 1.64. The van der Waals surface area contributed by atoms with Crippen LogP contribution in [-0.2, 0) is 20.7 Å². The zero-order chi connectivity index (χ0) is 19.9. The molecule has 150 valence electrons. The van der Waals surface area contributed by atoms with Crippen molar-refractivity contribution in [3.63, 3.8) is 0 Å². The Hall–Kier alpha value is -2.83. The molecule has 3 N–H and O–H groups in total. The summed E-state index contributed by atoms with van der Waals surface area (Å²) in [6.07, 6.45) is 6.82. The third kappa shape index (κ3) is 5.34. The second-order valence-corrected chi connectivity index (χ2v) is 7.41. The van der Waals surface area contributed by atoms with E-state index < -0.39 is 24.5 Å². The maximum atomic E-state index is 11.9.